The van der Waals surface area contributed by atoms with Crippen LogP contribution in [0.15, 0.2) is 30.7 Å². The molecule has 1 heterocycles. The van der Waals surface area contributed by atoms with E-state index in [4.69, 9.17) is 5.11 Å². The number of phenols is 2. The van der Waals surface area contributed by atoms with Gasteiger partial charge in [-0.25, -0.2) is 9.78 Å². The highest BCUT2D eigenvalue weighted by atomic mass is 16.4. The van der Waals surface area contributed by atoms with Crippen LogP contribution in [0.3, 0.4) is 0 Å². The molecule has 0 spiro atoms. The number of amides is 1. The van der Waals surface area contributed by atoms with E-state index in [1.54, 1.807) is 0 Å². The fourth-order valence-corrected chi connectivity index (χ4v) is 1.72. The number of aromatic hydroxyl groups is 2. The summed E-state index contributed by atoms with van der Waals surface area (Å²) in [6, 6.07) is 2.34. The first-order chi connectivity index (χ1) is 9.97. The van der Waals surface area contributed by atoms with Crippen molar-refractivity contribution >= 4 is 11.9 Å². The van der Waals surface area contributed by atoms with Gasteiger partial charge in [-0.3, -0.25) is 4.79 Å². The van der Waals surface area contributed by atoms with Gasteiger partial charge in [0.05, 0.1) is 6.33 Å². The molecule has 1 aromatic carbocycles. The van der Waals surface area contributed by atoms with Crippen molar-refractivity contribution < 1.29 is 24.9 Å². The predicted molar refractivity (Wildman–Crippen MR) is 71.0 cm³/mol. The number of nitrogens with one attached hydrogen (secondary N) is 2. The maximum Gasteiger partial charge on any atom is 0.326 e. The minimum absolute atomic E-state index is 0.0427. The van der Waals surface area contributed by atoms with Gasteiger partial charge in [-0.05, 0) is 18.2 Å². The Hall–Kier alpha value is -3.03. The molecule has 1 amide bonds. The number of phenolic OH excluding ortho intramolecular Hbond substituents is 2. The van der Waals surface area contributed by atoms with Gasteiger partial charge in [-0.2, -0.15) is 0 Å². The van der Waals surface area contributed by atoms with Crippen molar-refractivity contribution in [1.82, 2.24) is 15.3 Å². The SMILES string of the molecule is O=C(N[C@H](Cc1cnc[nH]1)C(=O)O)c1ccc(O)c(O)c1. The Morgan fingerprint density at radius 1 is 1.29 bits per heavy atom. The van der Waals surface area contributed by atoms with Gasteiger partial charge in [-0.1, -0.05) is 0 Å². The molecule has 0 aliphatic rings. The molecule has 0 unspecified atom stereocenters. The Balaban J connectivity index is 2.10. The third kappa shape index (κ3) is 3.50. The van der Waals surface area contributed by atoms with Crippen molar-refractivity contribution in [2.75, 3.05) is 0 Å². The van der Waals surface area contributed by atoms with Crippen molar-refractivity contribution in [3.63, 3.8) is 0 Å². The molecule has 0 aliphatic carbocycles. The van der Waals surface area contributed by atoms with Gasteiger partial charge >= 0.3 is 5.97 Å². The van der Waals surface area contributed by atoms with Crippen molar-refractivity contribution in [3.8, 4) is 11.5 Å². The van der Waals surface area contributed by atoms with Crippen LogP contribution in [0, 0.1) is 0 Å². The van der Waals surface area contributed by atoms with E-state index in [0.29, 0.717) is 5.69 Å². The number of imidazole rings is 1. The minimum atomic E-state index is -1.19. The molecule has 8 heteroatoms. The second kappa shape index (κ2) is 5.95. The van der Waals surface area contributed by atoms with Crippen LogP contribution in [0.2, 0.25) is 0 Å². The van der Waals surface area contributed by atoms with Crippen LogP contribution in [-0.2, 0) is 11.2 Å². The highest BCUT2D eigenvalue weighted by Gasteiger charge is 2.22. The molecule has 21 heavy (non-hydrogen) atoms. The number of aromatic nitrogens is 2. The highest BCUT2D eigenvalue weighted by molar-refractivity contribution is 5.97. The van der Waals surface area contributed by atoms with Crippen molar-refractivity contribution in [2.45, 2.75) is 12.5 Å². The summed E-state index contributed by atoms with van der Waals surface area (Å²) >= 11 is 0. The number of benzene rings is 1. The zero-order chi connectivity index (χ0) is 15.4. The summed E-state index contributed by atoms with van der Waals surface area (Å²) in [6.45, 7) is 0. The van der Waals surface area contributed by atoms with Gasteiger partial charge in [0.25, 0.3) is 5.91 Å². The van der Waals surface area contributed by atoms with E-state index in [1.165, 1.54) is 18.6 Å². The summed E-state index contributed by atoms with van der Waals surface area (Å²) in [5.41, 5.74) is 0.609. The first-order valence-corrected chi connectivity index (χ1v) is 6.00. The van der Waals surface area contributed by atoms with E-state index in [1.807, 2.05) is 0 Å². The van der Waals surface area contributed by atoms with E-state index < -0.39 is 23.7 Å². The third-order valence-corrected chi connectivity index (χ3v) is 2.82. The molecule has 0 saturated carbocycles. The fourth-order valence-electron chi connectivity index (χ4n) is 1.72. The topological polar surface area (TPSA) is 136 Å². The smallest absolute Gasteiger partial charge is 0.326 e. The zero-order valence-electron chi connectivity index (χ0n) is 10.8. The Labute approximate surface area is 119 Å². The largest absolute Gasteiger partial charge is 0.504 e. The molecule has 1 atom stereocenters. The van der Waals surface area contributed by atoms with Gasteiger partial charge in [0, 0.05) is 23.9 Å². The van der Waals surface area contributed by atoms with Crippen LogP contribution in [0.1, 0.15) is 16.1 Å². The van der Waals surface area contributed by atoms with E-state index in [9.17, 15) is 19.8 Å². The number of aliphatic carboxylic acids is 1. The number of hydrogen-bond acceptors (Lipinski definition) is 5. The van der Waals surface area contributed by atoms with Crippen LogP contribution in [0.4, 0.5) is 0 Å². The molecule has 0 fully saturated rings. The monoisotopic (exact) mass is 291 g/mol. The number of carboxylic acid groups (broad SMARTS) is 1. The van der Waals surface area contributed by atoms with Crippen molar-refractivity contribution in [2.24, 2.45) is 0 Å². The Morgan fingerprint density at radius 2 is 2.05 bits per heavy atom. The van der Waals surface area contributed by atoms with Crippen molar-refractivity contribution in [1.29, 1.82) is 0 Å². The minimum Gasteiger partial charge on any atom is -0.504 e. The molecule has 0 radical (unpaired) electrons. The molecular formula is C13H13N3O5. The van der Waals surface area contributed by atoms with E-state index in [0.717, 1.165) is 12.1 Å². The van der Waals surface area contributed by atoms with Crippen LogP contribution in [0.25, 0.3) is 0 Å². The van der Waals surface area contributed by atoms with E-state index >= 15 is 0 Å². The maximum absolute atomic E-state index is 12.0. The molecule has 0 aliphatic heterocycles. The van der Waals surface area contributed by atoms with Gasteiger partial charge in [-0.15, -0.1) is 0 Å². The summed E-state index contributed by atoms with van der Waals surface area (Å²) in [5, 5.41) is 30.0. The lowest BCUT2D eigenvalue weighted by Gasteiger charge is -2.14. The number of aromatic amines is 1. The molecule has 8 nitrogen and oxygen atoms in total. The zero-order valence-corrected chi connectivity index (χ0v) is 10.8. The quantitative estimate of drug-likeness (QED) is 0.501. The number of carboxylic acids is 1. The highest BCUT2D eigenvalue weighted by Crippen LogP contribution is 2.24. The average molecular weight is 291 g/mol. The molecule has 110 valence electrons. The van der Waals surface area contributed by atoms with Crippen LogP contribution in [-0.4, -0.2) is 43.2 Å². The lowest BCUT2D eigenvalue weighted by molar-refractivity contribution is -0.139. The first kappa shape index (κ1) is 14.4. The summed E-state index contributed by atoms with van der Waals surface area (Å²) < 4.78 is 0. The number of hydrogen-bond donors (Lipinski definition) is 5. The third-order valence-electron chi connectivity index (χ3n) is 2.82. The van der Waals surface area contributed by atoms with Gasteiger partial charge in [0.2, 0.25) is 0 Å². The number of rotatable bonds is 5. The standard InChI is InChI=1S/C13H13N3O5/c17-10-2-1-7(3-11(10)18)12(19)16-9(13(20)21)4-8-5-14-6-15-8/h1-3,5-6,9,17-18H,4H2,(H,14,15)(H,16,19)(H,20,21)/t9-/m1/s1. The lowest BCUT2D eigenvalue weighted by Crippen LogP contribution is -2.42. The summed E-state index contributed by atoms with van der Waals surface area (Å²) in [7, 11) is 0. The summed E-state index contributed by atoms with van der Waals surface area (Å²) in [4.78, 5) is 29.7. The molecule has 0 saturated heterocycles. The van der Waals surface area contributed by atoms with Crippen LogP contribution in [0.5, 0.6) is 11.5 Å². The lowest BCUT2D eigenvalue weighted by atomic mass is 10.1. The van der Waals surface area contributed by atoms with Crippen LogP contribution >= 0.6 is 0 Å². The molecule has 0 bridgehead atoms. The number of nitrogens with zero attached hydrogens (tertiary/aromatic N) is 1. The molecule has 2 aromatic rings. The Kier molecular flexibility index (Phi) is 4.07. The normalized spacial score (nSPS) is 11.8. The van der Waals surface area contributed by atoms with Crippen LogP contribution < -0.4 is 5.32 Å². The van der Waals surface area contributed by atoms with Gasteiger partial charge in [0.15, 0.2) is 11.5 Å². The predicted octanol–water partition coefficient (Wildman–Crippen LogP) is 0.247. The fraction of sp³-hybridized carbons (Fsp3) is 0.154. The summed E-state index contributed by atoms with van der Waals surface area (Å²) in [6.07, 6.45) is 2.92. The average Bonchev–Trinajstić information content (AvgIpc) is 2.93. The molecule has 1 aromatic heterocycles. The molecule has 5 N–H and O–H groups in total. The van der Waals surface area contributed by atoms with Gasteiger partial charge < -0.3 is 25.6 Å². The van der Waals surface area contributed by atoms with Crippen molar-refractivity contribution in [3.05, 3.63) is 42.0 Å². The Bertz CT molecular complexity index is 654. The van der Waals surface area contributed by atoms with E-state index in [-0.39, 0.29) is 17.7 Å². The van der Waals surface area contributed by atoms with E-state index in [2.05, 4.69) is 15.3 Å². The Morgan fingerprint density at radius 3 is 2.62 bits per heavy atom. The number of H-pyrrole nitrogens is 1. The van der Waals surface area contributed by atoms with Gasteiger partial charge in [0.1, 0.15) is 6.04 Å². The number of carbonyl (C=O) groups is 2. The summed E-state index contributed by atoms with van der Waals surface area (Å²) in [5.74, 6) is -2.68. The first-order valence-electron chi connectivity index (χ1n) is 6.00. The molecular weight excluding hydrogens is 278 g/mol. The molecule has 2 rings (SSSR count). The second-order valence-corrected chi connectivity index (χ2v) is 4.35. The number of carbonyl (C=O) groups excluding carboxylic acids is 1. The maximum atomic E-state index is 12.0. The second-order valence-electron chi connectivity index (χ2n) is 4.35.